The first-order chi connectivity index (χ1) is 13.6. The van der Waals surface area contributed by atoms with Gasteiger partial charge in [0.05, 0.1) is 29.4 Å². The van der Waals surface area contributed by atoms with E-state index in [1.54, 1.807) is 18.6 Å². The molecule has 0 spiro atoms. The van der Waals surface area contributed by atoms with Gasteiger partial charge in [-0.2, -0.15) is 0 Å². The summed E-state index contributed by atoms with van der Waals surface area (Å²) in [6.45, 7) is 2.33. The van der Waals surface area contributed by atoms with Gasteiger partial charge in [0.25, 0.3) is 0 Å². The molecule has 0 saturated heterocycles. The van der Waals surface area contributed by atoms with Gasteiger partial charge in [0.15, 0.2) is 0 Å². The van der Waals surface area contributed by atoms with Crippen molar-refractivity contribution in [2.75, 3.05) is 6.54 Å². The SMILES string of the molecule is C[C@H](C(=O)NC[C@@H]1Cc2cc(-c3cnccn3)cc(Cl)c2O1)c1ccccc1. The summed E-state index contributed by atoms with van der Waals surface area (Å²) < 4.78 is 5.98. The van der Waals surface area contributed by atoms with Crippen molar-refractivity contribution in [3.05, 3.63) is 77.2 Å². The number of carbonyl (C=O) groups excluding carboxylic acids is 1. The molecule has 0 aliphatic carbocycles. The van der Waals surface area contributed by atoms with Gasteiger partial charge < -0.3 is 10.1 Å². The van der Waals surface area contributed by atoms with Crippen LogP contribution in [-0.2, 0) is 11.2 Å². The Labute approximate surface area is 168 Å². The van der Waals surface area contributed by atoms with E-state index in [0.29, 0.717) is 23.7 Å². The number of rotatable bonds is 5. The van der Waals surface area contributed by atoms with Crippen LogP contribution in [0.2, 0.25) is 5.02 Å². The molecule has 3 aromatic rings. The Morgan fingerprint density at radius 3 is 2.86 bits per heavy atom. The Bertz CT molecular complexity index is 980. The highest BCUT2D eigenvalue weighted by atomic mass is 35.5. The number of nitrogens with one attached hydrogen (secondary N) is 1. The maximum Gasteiger partial charge on any atom is 0.227 e. The van der Waals surface area contributed by atoms with E-state index in [1.165, 1.54) is 0 Å². The monoisotopic (exact) mass is 393 g/mol. The topological polar surface area (TPSA) is 64.1 Å². The fourth-order valence-corrected chi connectivity index (χ4v) is 3.64. The second-order valence-electron chi connectivity index (χ2n) is 6.86. The zero-order valence-corrected chi connectivity index (χ0v) is 16.2. The molecule has 5 nitrogen and oxygen atoms in total. The predicted molar refractivity (Wildman–Crippen MR) is 108 cm³/mol. The van der Waals surface area contributed by atoms with Crippen LogP contribution in [0.1, 0.15) is 24.0 Å². The van der Waals surface area contributed by atoms with Crippen LogP contribution >= 0.6 is 11.6 Å². The van der Waals surface area contributed by atoms with E-state index in [-0.39, 0.29) is 17.9 Å². The smallest absolute Gasteiger partial charge is 0.227 e. The summed E-state index contributed by atoms with van der Waals surface area (Å²) >= 11 is 6.42. The molecule has 0 bridgehead atoms. The molecule has 6 heteroatoms. The van der Waals surface area contributed by atoms with E-state index < -0.39 is 0 Å². The van der Waals surface area contributed by atoms with E-state index in [4.69, 9.17) is 16.3 Å². The molecule has 1 N–H and O–H groups in total. The standard InChI is InChI=1S/C22H20ClN3O2/c1-14(15-5-3-2-4-6-15)22(27)26-12-18-10-17-9-16(11-19(23)21(17)28-18)20-13-24-7-8-25-20/h2-9,11,13-14,18H,10,12H2,1H3,(H,26,27)/t14-,18-/m0/s1. The maximum atomic E-state index is 12.5. The predicted octanol–water partition coefficient (Wildman–Crippen LogP) is 4.02. The molecule has 1 aromatic heterocycles. The van der Waals surface area contributed by atoms with Crippen LogP contribution in [-0.4, -0.2) is 28.5 Å². The van der Waals surface area contributed by atoms with Crippen LogP contribution in [0, 0.1) is 0 Å². The summed E-state index contributed by atoms with van der Waals surface area (Å²) in [5.74, 6) is 0.457. The zero-order valence-electron chi connectivity index (χ0n) is 15.4. The first-order valence-electron chi connectivity index (χ1n) is 9.20. The summed E-state index contributed by atoms with van der Waals surface area (Å²) in [6, 6.07) is 13.6. The number of nitrogens with zero attached hydrogens (tertiary/aromatic N) is 2. The molecule has 0 fully saturated rings. The lowest BCUT2D eigenvalue weighted by atomic mass is 10.0. The highest BCUT2D eigenvalue weighted by molar-refractivity contribution is 6.32. The molecule has 1 aliphatic rings. The lowest BCUT2D eigenvalue weighted by Gasteiger charge is -2.16. The van der Waals surface area contributed by atoms with Crippen molar-refractivity contribution >= 4 is 17.5 Å². The van der Waals surface area contributed by atoms with Crippen LogP contribution in [0.25, 0.3) is 11.3 Å². The van der Waals surface area contributed by atoms with Crippen LogP contribution in [0.5, 0.6) is 5.75 Å². The Morgan fingerprint density at radius 1 is 1.29 bits per heavy atom. The zero-order chi connectivity index (χ0) is 19.5. The minimum atomic E-state index is -0.211. The van der Waals surface area contributed by atoms with Crippen molar-refractivity contribution in [2.45, 2.75) is 25.4 Å². The molecule has 1 aliphatic heterocycles. The van der Waals surface area contributed by atoms with E-state index in [2.05, 4.69) is 15.3 Å². The van der Waals surface area contributed by atoms with Crippen molar-refractivity contribution in [2.24, 2.45) is 0 Å². The van der Waals surface area contributed by atoms with Gasteiger partial charge in [-0.05, 0) is 24.6 Å². The van der Waals surface area contributed by atoms with Crippen LogP contribution in [0.3, 0.4) is 0 Å². The highest BCUT2D eigenvalue weighted by Gasteiger charge is 2.27. The molecule has 0 saturated carbocycles. The fraction of sp³-hybridized carbons (Fsp3) is 0.227. The average Bonchev–Trinajstić information content (AvgIpc) is 3.16. The first kappa shape index (κ1) is 18.4. The molecule has 1 amide bonds. The van der Waals surface area contributed by atoms with E-state index >= 15 is 0 Å². The molecule has 0 radical (unpaired) electrons. The molecular formula is C22H20ClN3O2. The van der Waals surface area contributed by atoms with E-state index in [0.717, 1.165) is 22.4 Å². The normalized spacial score (nSPS) is 16.1. The van der Waals surface area contributed by atoms with Gasteiger partial charge in [0, 0.05) is 29.9 Å². The Balaban J connectivity index is 1.41. The third kappa shape index (κ3) is 3.85. The third-order valence-electron chi connectivity index (χ3n) is 4.91. The van der Waals surface area contributed by atoms with Gasteiger partial charge >= 0.3 is 0 Å². The number of hydrogen-bond acceptors (Lipinski definition) is 4. The van der Waals surface area contributed by atoms with Crippen molar-refractivity contribution < 1.29 is 9.53 Å². The fourth-order valence-electron chi connectivity index (χ4n) is 3.36. The van der Waals surface area contributed by atoms with Gasteiger partial charge in [0.1, 0.15) is 11.9 Å². The molecule has 2 heterocycles. The number of benzene rings is 2. The minimum Gasteiger partial charge on any atom is -0.486 e. The number of halogens is 1. The second-order valence-corrected chi connectivity index (χ2v) is 7.27. The van der Waals surface area contributed by atoms with Crippen molar-refractivity contribution in [1.82, 2.24) is 15.3 Å². The summed E-state index contributed by atoms with van der Waals surface area (Å²) in [4.78, 5) is 20.9. The highest BCUT2D eigenvalue weighted by Crippen LogP contribution is 2.39. The molecule has 4 rings (SSSR count). The third-order valence-corrected chi connectivity index (χ3v) is 5.19. The van der Waals surface area contributed by atoms with Crippen LogP contribution in [0.15, 0.2) is 61.1 Å². The van der Waals surface area contributed by atoms with Crippen molar-refractivity contribution in [3.63, 3.8) is 0 Å². The Morgan fingerprint density at radius 2 is 2.11 bits per heavy atom. The largest absolute Gasteiger partial charge is 0.486 e. The van der Waals surface area contributed by atoms with Crippen molar-refractivity contribution in [3.8, 4) is 17.0 Å². The number of hydrogen-bond donors (Lipinski definition) is 1. The number of amides is 1. The average molecular weight is 394 g/mol. The number of fused-ring (bicyclic) bond motifs is 1. The first-order valence-corrected chi connectivity index (χ1v) is 9.57. The maximum absolute atomic E-state index is 12.5. The van der Waals surface area contributed by atoms with E-state index in [9.17, 15) is 4.79 Å². The van der Waals surface area contributed by atoms with Gasteiger partial charge in [-0.1, -0.05) is 41.9 Å². The lowest BCUT2D eigenvalue weighted by Crippen LogP contribution is -2.36. The van der Waals surface area contributed by atoms with E-state index in [1.807, 2.05) is 49.4 Å². The van der Waals surface area contributed by atoms with Gasteiger partial charge in [-0.15, -0.1) is 0 Å². The van der Waals surface area contributed by atoms with Crippen molar-refractivity contribution in [1.29, 1.82) is 0 Å². The van der Waals surface area contributed by atoms with Crippen LogP contribution < -0.4 is 10.1 Å². The van der Waals surface area contributed by atoms with Gasteiger partial charge in [0.2, 0.25) is 5.91 Å². The molecular weight excluding hydrogens is 374 g/mol. The summed E-state index contributed by atoms with van der Waals surface area (Å²) in [5.41, 5.74) is 3.68. The number of aromatic nitrogens is 2. The number of ether oxygens (including phenoxy) is 1. The van der Waals surface area contributed by atoms with Crippen LogP contribution in [0.4, 0.5) is 0 Å². The molecule has 2 atom stereocenters. The molecule has 28 heavy (non-hydrogen) atoms. The number of carbonyl (C=O) groups is 1. The summed E-state index contributed by atoms with van der Waals surface area (Å²) in [6.07, 6.45) is 5.53. The Hall–Kier alpha value is -2.92. The summed E-state index contributed by atoms with van der Waals surface area (Å²) in [7, 11) is 0. The Kier molecular flexibility index (Phi) is 5.26. The minimum absolute atomic E-state index is 0.0166. The molecule has 0 unspecified atom stereocenters. The van der Waals surface area contributed by atoms with Gasteiger partial charge in [-0.25, -0.2) is 0 Å². The summed E-state index contributed by atoms with van der Waals surface area (Å²) in [5, 5.41) is 3.54. The lowest BCUT2D eigenvalue weighted by molar-refractivity contribution is -0.122. The second kappa shape index (κ2) is 7.98. The molecule has 2 aromatic carbocycles. The quantitative estimate of drug-likeness (QED) is 0.711. The van der Waals surface area contributed by atoms with Gasteiger partial charge in [-0.3, -0.25) is 14.8 Å². The molecule has 142 valence electrons.